The fourth-order valence-electron chi connectivity index (χ4n) is 6.96. The van der Waals surface area contributed by atoms with Crippen molar-refractivity contribution in [3.63, 3.8) is 0 Å². The van der Waals surface area contributed by atoms with E-state index >= 15 is 0 Å². The van der Waals surface area contributed by atoms with Crippen molar-refractivity contribution in [2.45, 2.75) is 0 Å². The third-order valence-electron chi connectivity index (χ3n) is 9.60. The van der Waals surface area contributed by atoms with E-state index in [4.69, 9.17) is 14.7 Å². The van der Waals surface area contributed by atoms with Crippen LogP contribution >= 0.6 is 0 Å². The lowest BCUT2D eigenvalue weighted by atomic mass is 9.90. The first-order valence-corrected chi connectivity index (χ1v) is 17.0. The zero-order valence-corrected chi connectivity index (χ0v) is 27.6. The summed E-state index contributed by atoms with van der Waals surface area (Å²) in [6.07, 6.45) is 0. The molecule has 51 heavy (non-hydrogen) atoms. The summed E-state index contributed by atoms with van der Waals surface area (Å²) in [6, 6.07) is 65.3. The molecule has 0 saturated heterocycles. The molecule has 3 nitrogen and oxygen atoms in total. The van der Waals surface area contributed by atoms with Crippen molar-refractivity contribution in [1.82, 2.24) is 4.98 Å². The average molecular weight is 651 g/mol. The first kappa shape index (κ1) is 30.1. The molecule has 1 heterocycles. The standard InChI is InChI=1S/C48H30N2O/c49-31-32-15-17-33(18-16-32)34-19-23-37(24-20-34)41-27-28-42(44-14-8-7-13-43(41)44)38-25-21-35(22-26-38)40-29-45(36-9-3-1-4-10-36)47-46(30-40)51-48(50-47)39-11-5-2-6-12-39/h1-30H. The van der Waals surface area contributed by atoms with Gasteiger partial charge in [-0.25, -0.2) is 4.98 Å². The Bertz CT molecular complexity index is 2700. The van der Waals surface area contributed by atoms with Crippen molar-refractivity contribution in [2.75, 3.05) is 0 Å². The minimum atomic E-state index is 0.618. The van der Waals surface area contributed by atoms with Gasteiger partial charge in [0.05, 0.1) is 11.6 Å². The topological polar surface area (TPSA) is 49.8 Å². The molecule has 0 fully saturated rings. The zero-order valence-electron chi connectivity index (χ0n) is 27.6. The van der Waals surface area contributed by atoms with Crippen molar-refractivity contribution < 1.29 is 4.42 Å². The van der Waals surface area contributed by atoms with Gasteiger partial charge in [-0.05, 0) is 97.2 Å². The zero-order chi connectivity index (χ0) is 34.1. The predicted octanol–water partition coefficient (Wildman–Crippen LogP) is 12.9. The van der Waals surface area contributed by atoms with Crippen molar-refractivity contribution in [1.29, 1.82) is 5.26 Å². The first-order chi connectivity index (χ1) is 25.2. The van der Waals surface area contributed by atoms with Gasteiger partial charge in [0.15, 0.2) is 5.58 Å². The van der Waals surface area contributed by atoms with E-state index in [-0.39, 0.29) is 0 Å². The lowest BCUT2D eigenvalue weighted by Gasteiger charge is -2.13. The maximum Gasteiger partial charge on any atom is 0.227 e. The summed E-state index contributed by atoms with van der Waals surface area (Å²) in [5.41, 5.74) is 14.5. The number of rotatable bonds is 6. The number of nitrogens with zero attached hydrogens (tertiary/aromatic N) is 2. The summed E-state index contributed by atoms with van der Waals surface area (Å²) in [5.74, 6) is 0.618. The van der Waals surface area contributed by atoms with Gasteiger partial charge in [0.2, 0.25) is 5.89 Å². The molecule has 1 aromatic heterocycles. The molecule has 0 aliphatic carbocycles. The van der Waals surface area contributed by atoms with Gasteiger partial charge in [0.1, 0.15) is 5.52 Å². The van der Waals surface area contributed by atoms with Gasteiger partial charge in [-0.1, -0.05) is 146 Å². The van der Waals surface area contributed by atoms with Crippen molar-refractivity contribution in [3.05, 3.63) is 188 Å². The molecule has 3 heteroatoms. The molecule has 9 aromatic rings. The van der Waals surface area contributed by atoms with Gasteiger partial charge in [0.25, 0.3) is 0 Å². The van der Waals surface area contributed by atoms with E-state index in [1.54, 1.807) is 0 Å². The lowest BCUT2D eigenvalue weighted by molar-refractivity contribution is 0.620. The number of nitriles is 1. The maximum atomic E-state index is 9.15. The Morgan fingerprint density at radius 1 is 0.392 bits per heavy atom. The van der Waals surface area contributed by atoms with Crippen LogP contribution in [0.4, 0.5) is 0 Å². The van der Waals surface area contributed by atoms with E-state index in [2.05, 4.69) is 127 Å². The van der Waals surface area contributed by atoms with Crippen LogP contribution in [0.25, 0.3) is 89.0 Å². The highest BCUT2D eigenvalue weighted by Gasteiger charge is 2.16. The molecule has 0 aliphatic rings. The van der Waals surface area contributed by atoms with Gasteiger partial charge < -0.3 is 4.42 Å². The normalized spacial score (nSPS) is 11.1. The van der Waals surface area contributed by atoms with E-state index in [1.807, 2.05) is 60.7 Å². The Balaban J connectivity index is 1.07. The molecule has 0 bridgehead atoms. The van der Waals surface area contributed by atoms with Crippen LogP contribution in [0, 0.1) is 11.3 Å². The van der Waals surface area contributed by atoms with Gasteiger partial charge >= 0.3 is 0 Å². The monoisotopic (exact) mass is 650 g/mol. The highest BCUT2D eigenvalue weighted by atomic mass is 16.3. The van der Waals surface area contributed by atoms with Gasteiger partial charge in [-0.3, -0.25) is 0 Å². The summed E-state index contributed by atoms with van der Waals surface area (Å²) in [5, 5.41) is 11.6. The molecule has 0 atom stereocenters. The van der Waals surface area contributed by atoms with Gasteiger partial charge in [0, 0.05) is 11.1 Å². The highest BCUT2D eigenvalue weighted by Crippen LogP contribution is 2.39. The van der Waals surface area contributed by atoms with E-state index in [0.717, 1.165) is 61.2 Å². The fraction of sp³-hybridized carbons (Fsp3) is 0. The van der Waals surface area contributed by atoms with Crippen LogP contribution in [0.15, 0.2) is 186 Å². The van der Waals surface area contributed by atoms with Crippen LogP contribution in [-0.2, 0) is 0 Å². The molecule has 0 spiro atoms. The Kier molecular flexibility index (Phi) is 7.54. The molecule has 0 aliphatic heterocycles. The molecular formula is C48H30N2O. The van der Waals surface area contributed by atoms with E-state index in [1.165, 1.54) is 21.9 Å². The second-order valence-corrected chi connectivity index (χ2v) is 12.7. The summed E-state index contributed by atoms with van der Waals surface area (Å²) in [6.45, 7) is 0. The molecule has 0 amide bonds. The van der Waals surface area contributed by atoms with E-state index in [0.29, 0.717) is 11.5 Å². The Hall–Kier alpha value is -7.02. The second-order valence-electron chi connectivity index (χ2n) is 12.7. The molecule has 0 N–H and O–H groups in total. The van der Waals surface area contributed by atoms with Crippen LogP contribution in [0.5, 0.6) is 0 Å². The summed E-state index contributed by atoms with van der Waals surface area (Å²) < 4.78 is 6.38. The van der Waals surface area contributed by atoms with Crippen LogP contribution in [0.2, 0.25) is 0 Å². The molecule has 8 aromatic carbocycles. The van der Waals surface area contributed by atoms with Gasteiger partial charge in [-0.15, -0.1) is 0 Å². The third kappa shape index (κ3) is 5.65. The minimum absolute atomic E-state index is 0.618. The van der Waals surface area contributed by atoms with Crippen LogP contribution in [-0.4, -0.2) is 4.98 Å². The van der Waals surface area contributed by atoms with E-state index < -0.39 is 0 Å². The number of fused-ring (bicyclic) bond motifs is 2. The third-order valence-corrected chi connectivity index (χ3v) is 9.60. The Labute approximate surface area is 296 Å². The first-order valence-electron chi connectivity index (χ1n) is 17.0. The Morgan fingerprint density at radius 3 is 1.39 bits per heavy atom. The van der Waals surface area contributed by atoms with Crippen LogP contribution in [0.3, 0.4) is 0 Å². The minimum Gasteiger partial charge on any atom is -0.436 e. The lowest BCUT2D eigenvalue weighted by Crippen LogP contribution is -1.88. The van der Waals surface area contributed by atoms with Gasteiger partial charge in [-0.2, -0.15) is 5.26 Å². The largest absolute Gasteiger partial charge is 0.436 e. The van der Waals surface area contributed by atoms with Crippen molar-refractivity contribution in [2.24, 2.45) is 0 Å². The average Bonchev–Trinajstić information content (AvgIpc) is 3.66. The molecule has 0 unspecified atom stereocenters. The van der Waals surface area contributed by atoms with Crippen LogP contribution in [0.1, 0.15) is 5.56 Å². The summed E-state index contributed by atoms with van der Waals surface area (Å²) >= 11 is 0. The quantitative estimate of drug-likeness (QED) is 0.180. The predicted molar refractivity (Wildman–Crippen MR) is 209 cm³/mol. The summed E-state index contributed by atoms with van der Waals surface area (Å²) in [7, 11) is 0. The Morgan fingerprint density at radius 2 is 0.843 bits per heavy atom. The summed E-state index contributed by atoms with van der Waals surface area (Å²) in [4.78, 5) is 4.95. The SMILES string of the molecule is N#Cc1ccc(-c2ccc(-c3ccc(-c4ccc(-c5cc(-c6ccccc6)c6nc(-c7ccccc7)oc6c5)cc4)c4ccccc34)cc2)cc1. The van der Waals surface area contributed by atoms with Crippen molar-refractivity contribution in [3.8, 4) is 73.2 Å². The number of hydrogen-bond donors (Lipinski definition) is 0. The smallest absolute Gasteiger partial charge is 0.227 e. The second kappa shape index (κ2) is 12.8. The van der Waals surface area contributed by atoms with Crippen molar-refractivity contribution >= 4 is 21.9 Å². The number of oxazole rings is 1. The van der Waals surface area contributed by atoms with Crippen LogP contribution < -0.4 is 0 Å². The highest BCUT2D eigenvalue weighted by molar-refractivity contribution is 6.05. The van der Waals surface area contributed by atoms with E-state index in [9.17, 15) is 0 Å². The number of benzene rings is 8. The number of aromatic nitrogens is 1. The molecule has 238 valence electrons. The maximum absolute atomic E-state index is 9.15. The number of hydrogen-bond acceptors (Lipinski definition) is 3. The molecule has 9 rings (SSSR count). The molecule has 0 radical (unpaired) electrons. The molecular weight excluding hydrogens is 621 g/mol. The molecule has 0 saturated carbocycles. The fourth-order valence-corrected chi connectivity index (χ4v) is 6.96.